The molecule has 24 heavy (non-hydrogen) atoms. The molecule has 0 bridgehead atoms. The Morgan fingerprint density at radius 2 is 1.71 bits per heavy atom. The highest BCUT2D eigenvalue weighted by atomic mass is 16.2. The van der Waals surface area contributed by atoms with Gasteiger partial charge in [0.05, 0.1) is 5.69 Å². The van der Waals surface area contributed by atoms with E-state index in [0.29, 0.717) is 29.8 Å². The quantitative estimate of drug-likeness (QED) is 0.809. The Morgan fingerprint density at radius 1 is 1.00 bits per heavy atom. The van der Waals surface area contributed by atoms with E-state index < -0.39 is 0 Å². The van der Waals surface area contributed by atoms with Crippen LogP contribution in [0.1, 0.15) is 45.5 Å². The highest BCUT2D eigenvalue weighted by Gasteiger charge is 2.27. The van der Waals surface area contributed by atoms with Crippen molar-refractivity contribution in [2.75, 3.05) is 11.4 Å². The van der Waals surface area contributed by atoms with E-state index in [0.717, 1.165) is 5.56 Å². The first-order chi connectivity index (χ1) is 11.6. The summed E-state index contributed by atoms with van der Waals surface area (Å²) < 4.78 is 0. The zero-order valence-electron chi connectivity index (χ0n) is 13.6. The molecule has 1 aliphatic rings. The highest BCUT2D eigenvalue weighted by Crippen LogP contribution is 2.27. The molecule has 0 unspecified atom stereocenters. The lowest BCUT2D eigenvalue weighted by atomic mass is 9.98. The standard InChI is InChI=1S/C20H19NO3/c1-14-6-2-3-7-15(14)18(22)10-11-20(24)21-13-12-19(23)16-8-4-5-9-17(16)21/h2-9H,10-13H2,1H3. The minimum atomic E-state index is -0.114. The van der Waals surface area contributed by atoms with Crippen LogP contribution in [0.3, 0.4) is 0 Å². The fourth-order valence-electron chi connectivity index (χ4n) is 3.05. The lowest BCUT2D eigenvalue weighted by Crippen LogP contribution is -2.37. The normalized spacial score (nSPS) is 13.5. The molecule has 0 aliphatic carbocycles. The van der Waals surface area contributed by atoms with Crippen LogP contribution in [0.4, 0.5) is 5.69 Å². The first-order valence-corrected chi connectivity index (χ1v) is 8.09. The van der Waals surface area contributed by atoms with Gasteiger partial charge < -0.3 is 4.90 Å². The monoisotopic (exact) mass is 321 g/mol. The topological polar surface area (TPSA) is 54.5 Å². The number of ketones is 2. The van der Waals surface area contributed by atoms with E-state index in [2.05, 4.69) is 0 Å². The second-order valence-electron chi connectivity index (χ2n) is 5.97. The summed E-state index contributed by atoms with van der Waals surface area (Å²) >= 11 is 0. The number of para-hydroxylation sites is 1. The summed E-state index contributed by atoms with van der Waals surface area (Å²) in [4.78, 5) is 38.5. The average molecular weight is 321 g/mol. The van der Waals surface area contributed by atoms with E-state index in [4.69, 9.17) is 0 Å². The molecule has 1 aliphatic heterocycles. The van der Waals surface area contributed by atoms with Crippen molar-refractivity contribution < 1.29 is 14.4 Å². The molecule has 0 N–H and O–H groups in total. The van der Waals surface area contributed by atoms with Gasteiger partial charge in [0.15, 0.2) is 11.6 Å². The number of nitrogens with zero attached hydrogens (tertiary/aromatic N) is 1. The summed E-state index contributed by atoms with van der Waals surface area (Å²) in [6.07, 6.45) is 0.653. The van der Waals surface area contributed by atoms with Crippen molar-refractivity contribution >= 4 is 23.2 Å². The Hall–Kier alpha value is -2.75. The third-order valence-corrected chi connectivity index (χ3v) is 4.37. The molecule has 0 saturated carbocycles. The van der Waals surface area contributed by atoms with Gasteiger partial charge in [-0.25, -0.2) is 0 Å². The zero-order valence-corrected chi connectivity index (χ0v) is 13.6. The van der Waals surface area contributed by atoms with Crippen LogP contribution in [-0.2, 0) is 4.79 Å². The van der Waals surface area contributed by atoms with Crippen LogP contribution in [0.15, 0.2) is 48.5 Å². The van der Waals surface area contributed by atoms with Crippen molar-refractivity contribution in [1.29, 1.82) is 0 Å². The molecule has 1 heterocycles. The van der Waals surface area contributed by atoms with Gasteiger partial charge in [-0.1, -0.05) is 36.4 Å². The van der Waals surface area contributed by atoms with E-state index in [1.165, 1.54) is 0 Å². The Morgan fingerprint density at radius 3 is 2.50 bits per heavy atom. The Bertz CT molecular complexity index is 810. The highest BCUT2D eigenvalue weighted by molar-refractivity contribution is 6.09. The lowest BCUT2D eigenvalue weighted by molar-refractivity contribution is -0.118. The van der Waals surface area contributed by atoms with E-state index >= 15 is 0 Å². The van der Waals surface area contributed by atoms with Gasteiger partial charge >= 0.3 is 0 Å². The smallest absolute Gasteiger partial charge is 0.227 e. The van der Waals surface area contributed by atoms with Gasteiger partial charge in [-0.2, -0.15) is 0 Å². The predicted octanol–water partition coefficient (Wildman–Crippen LogP) is 3.58. The van der Waals surface area contributed by atoms with Gasteiger partial charge in [0.2, 0.25) is 5.91 Å². The molecule has 2 aromatic carbocycles. The summed E-state index contributed by atoms with van der Waals surface area (Å²) in [6.45, 7) is 2.27. The van der Waals surface area contributed by atoms with Crippen LogP contribution in [0.2, 0.25) is 0 Å². The summed E-state index contributed by atoms with van der Waals surface area (Å²) in [5.74, 6) is -0.0784. The first-order valence-electron chi connectivity index (χ1n) is 8.09. The third-order valence-electron chi connectivity index (χ3n) is 4.37. The number of carbonyl (C=O) groups excluding carboxylic acids is 3. The average Bonchev–Trinajstić information content (AvgIpc) is 2.60. The summed E-state index contributed by atoms with van der Waals surface area (Å²) in [7, 11) is 0. The van der Waals surface area contributed by atoms with E-state index in [-0.39, 0.29) is 30.3 Å². The second-order valence-corrected chi connectivity index (χ2v) is 5.97. The molecule has 1 amide bonds. The van der Waals surface area contributed by atoms with E-state index in [1.807, 2.05) is 31.2 Å². The number of amides is 1. The molecule has 2 aromatic rings. The largest absolute Gasteiger partial charge is 0.311 e. The van der Waals surface area contributed by atoms with Crippen LogP contribution in [0.5, 0.6) is 0 Å². The number of fused-ring (bicyclic) bond motifs is 1. The van der Waals surface area contributed by atoms with Crippen LogP contribution in [-0.4, -0.2) is 24.0 Å². The maximum absolute atomic E-state index is 12.6. The van der Waals surface area contributed by atoms with Gasteiger partial charge in [0.1, 0.15) is 0 Å². The number of hydrogen-bond acceptors (Lipinski definition) is 3. The van der Waals surface area contributed by atoms with E-state index in [9.17, 15) is 14.4 Å². The number of rotatable bonds is 4. The van der Waals surface area contributed by atoms with Gasteiger partial charge in [0, 0.05) is 36.9 Å². The molecule has 122 valence electrons. The number of carbonyl (C=O) groups is 3. The lowest BCUT2D eigenvalue weighted by Gasteiger charge is -2.28. The Kier molecular flexibility index (Phi) is 4.56. The molecule has 0 spiro atoms. The first kappa shape index (κ1) is 16.1. The fourth-order valence-corrected chi connectivity index (χ4v) is 3.05. The summed E-state index contributed by atoms with van der Waals surface area (Å²) in [5.41, 5.74) is 2.83. The SMILES string of the molecule is Cc1ccccc1C(=O)CCC(=O)N1CCC(=O)c2ccccc21. The maximum Gasteiger partial charge on any atom is 0.227 e. The Labute approximate surface area is 141 Å². The maximum atomic E-state index is 12.6. The molecule has 0 saturated heterocycles. The van der Waals surface area contributed by atoms with Crippen LogP contribution in [0.25, 0.3) is 0 Å². The number of benzene rings is 2. The minimum Gasteiger partial charge on any atom is -0.311 e. The number of aryl methyl sites for hydroxylation is 1. The zero-order chi connectivity index (χ0) is 17.1. The predicted molar refractivity (Wildman–Crippen MR) is 92.5 cm³/mol. The van der Waals surface area contributed by atoms with Crippen molar-refractivity contribution in [3.63, 3.8) is 0 Å². The van der Waals surface area contributed by atoms with E-state index in [1.54, 1.807) is 29.2 Å². The second kappa shape index (κ2) is 6.79. The summed E-state index contributed by atoms with van der Waals surface area (Å²) in [5, 5.41) is 0. The Balaban J connectivity index is 1.70. The number of Topliss-reactive ketones (excluding diaryl/α,β-unsaturated/α-hetero) is 2. The molecular formula is C20H19NO3. The van der Waals surface area contributed by atoms with Crippen molar-refractivity contribution in [2.24, 2.45) is 0 Å². The molecule has 3 rings (SSSR count). The van der Waals surface area contributed by atoms with Gasteiger partial charge in [-0.15, -0.1) is 0 Å². The van der Waals surface area contributed by atoms with Crippen molar-refractivity contribution in [1.82, 2.24) is 0 Å². The third kappa shape index (κ3) is 3.13. The molecule has 0 fully saturated rings. The van der Waals surface area contributed by atoms with Crippen molar-refractivity contribution in [2.45, 2.75) is 26.2 Å². The molecule has 0 atom stereocenters. The van der Waals surface area contributed by atoms with Crippen molar-refractivity contribution in [3.8, 4) is 0 Å². The van der Waals surface area contributed by atoms with Crippen LogP contribution < -0.4 is 4.90 Å². The molecule has 0 radical (unpaired) electrons. The summed E-state index contributed by atoms with van der Waals surface area (Å²) in [6, 6.07) is 14.5. The molecule has 0 aromatic heterocycles. The number of anilines is 1. The van der Waals surface area contributed by atoms with Crippen LogP contribution >= 0.6 is 0 Å². The van der Waals surface area contributed by atoms with Crippen molar-refractivity contribution in [3.05, 3.63) is 65.2 Å². The van der Waals surface area contributed by atoms with Gasteiger partial charge in [-0.3, -0.25) is 14.4 Å². The minimum absolute atomic E-state index is 0.0252. The number of hydrogen-bond donors (Lipinski definition) is 0. The van der Waals surface area contributed by atoms with Gasteiger partial charge in [-0.05, 0) is 24.6 Å². The molecule has 4 nitrogen and oxygen atoms in total. The van der Waals surface area contributed by atoms with Crippen LogP contribution in [0, 0.1) is 6.92 Å². The van der Waals surface area contributed by atoms with Gasteiger partial charge in [0.25, 0.3) is 0 Å². The molecular weight excluding hydrogens is 302 g/mol. The fraction of sp³-hybridized carbons (Fsp3) is 0.250. The molecule has 4 heteroatoms.